The third kappa shape index (κ3) is 5.37. The molecule has 1 aliphatic carbocycles. The lowest BCUT2D eigenvalue weighted by Gasteiger charge is -2.14. The van der Waals surface area contributed by atoms with Gasteiger partial charge in [0.1, 0.15) is 0 Å². The van der Waals surface area contributed by atoms with Gasteiger partial charge in [-0.2, -0.15) is 0 Å². The van der Waals surface area contributed by atoms with Crippen LogP contribution >= 0.6 is 0 Å². The first-order valence-electron chi connectivity index (χ1n) is 7.56. The Kier molecular flexibility index (Phi) is 5.77. The van der Waals surface area contributed by atoms with E-state index >= 15 is 0 Å². The van der Waals surface area contributed by atoms with Crippen molar-refractivity contribution in [2.24, 2.45) is 0 Å². The lowest BCUT2D eigenvalue weighted by molar-refractivity contribution is 0.0951. The molecule has 2 rings (SSSR count). The fraction of sp³-hybridized carbons (Fsp3) is 0.500. The third-order valence-corrected chi connectivity index (χ3v) is 3.45. The van der Waals surface area contributed by atoms with Gasteiger partial charge in [0.05, 0.1) is 0 Å². The van der Waals surface area contributed by atoms with Crippen LogP contribution in [-0.2, 0) is 4.74 Å². The molecule has 0 spiro atoms. The van der Waals surface area contributed by atoms with Gasteiger partial charge in [0.25, 0.3) is 5.91 Å². The summed E-state index contributed by atoms with van der Waals surface area (Å²) in [6.45, 7) is 2.52. The van der Waals surface area contributed by atoms with Crippen molar-refractivity contribution in [1.82, 2.24) is 10.6 Å². The number of urea groups is 1. The molecule has 0 unspecified atom stereocenters. The van der Waals surface area contributed by atoms with Gasteiger partial charge < -0.3 is 20.7 Å². The Balaban J connectivity index is 1.79. The first-order chi connectivity index (χ1) is 10.6. The molecular weight excluding hydrogens is 282 g/mol. The summed E-state index contributed by atoms with van der Waals surface area (Å²) in [5.41, 5.74) is 1.26. The van der Waals surface area contributed by atoms with E-state index in [2.05, 4.69) is 16.0 Å². The predicted octanol–water partition coefficient (Wildman–Crippen LogP) is 2.13. The van der Waals surface area contributed by atoms with E-state index in [-0.39, 0.29) is 18.0 Å². The molecule has 120 valence electrons. The van der Waals surface area contributed by atoms with E-state index in [0.717, 1.165) is 19.3 Å². The fourth-order valence-corrected chi connectivity index (χ4v) is 1.96. The van der Waals surface area contributed by atoms with Crippen LogP contribution in [0.2, 0.25) is 0 Å². The summed E-state index contributed by atoms with van der Waals surface area (Å²) in [5, 5.41) is 8.50. The number of ether oxygens (including phenoxy) is 1. The van der Waals surface area contributed by atoms with Gasteiger partial charge >= 0.3 is 6.03 Å². The van der Waals surface area contributed by atoms with E-state index in [4.69, 9.17) is 4.74 Å². The number of carbonyl (C=O) groups excluding carboxylic acids is 2. The van der Waals surface area contributed by atoms with Crippen LogP contribution in [0.4, 0.5) is 10.5 Å². The zero-order valence-electron chi connectivity index (χ0n) is 13.0. The van der Waals surface area contributed by atoms with Gasteiger partial charge in [-0.05, 0) is 50.5 Å². The monoisotopic (exact) mass is 305 g/mol. The zero-order valence-corrected chi connectivity index (χ0v) is 13.0. The normalized spacial score (nSPS) is 15.0. The van der Waals surface area contributed by atoms with E-state index in [0.29, 0.717) is 23.9 Å². The summed E-state index contributed by atoms with van der Waals surface area (Å²) in [4.78, 5) is 23.7. The Morgan fingerprint density at radius 1 is 1.27 bits per heavy atom. The Labute approximate surface area is 130 Å². The smallest absolute Gasteiger partial charge is 0.319 e. The summed E-state index contributed by atoms with van der Waals surface area (Å²) >= 11 is 0. The third-order valence-electron chi connectivity index (χ3n) is 3.45. The van der Waals surface area contributed by atoms with E-state index < -0.39 is 0 Å². The second kappa shape index (κ2) is 7.79. The van der Waals surface area contributed by atoms with Crippen molar-refractivity contribution in [2.45, 2.75) is 38.3 Å². The number of anilines is 1. The number of hydrogen-bond acceptors (Lipinski definition) is 3. The molecule has 0 bridgehead atoms. The largest absolute Gasteiger partial charge is 0.385 e. The minimum atomic E-state index is -0.265. The molecule has 0 radical (unpaired) electrons. The molecule has 3 N–H and O–H groups in total. The van der Waals surface area contributed by atoms with Gasteiger partial charge in [0.2, 0.25) is 0 Å². The van der Waals surface area contributed by atoms with Crippen LogP contribution in [0.25, 0.3) is 0 Å². The Morgan fingerprint density at radius 3 is 2.55 bits per heavy atom. The molecule has 1 aromatic carbocycles. The second-order valence-electron chi connectivity index (χ2n) is 5.61. The second-order valence-corrected chi connectivity index (χ2v) is 5.61. The van der Waals surface area contributed by atoms with Crippen LogP contribution in [0, 0.1) is 0 Å². The summed E-state index contributed by atoms with van der Waals surface area (Å²) in [5.74, 6) is -0.0633. The van der Waals surface area contributed by atoms with Crippen molar-refractivity contribution in [2.75, 3.05) is 19.0 Å². The average Bonchev–Trinajstić information content (AvgIpc) is 3.29. The van der Waals surface area contributed by atoms with Crippen LogP contribution in [0.3, 0.4) is 0 Å². The molecule has 22 heavy (non-hydrogen) atoms. The summed E-state index contributed by atoms with van der Waals surface area (Å²) < 4.78 is 4.97. The number of methoxy groups -OCH3 is 1. The van der Waals surface area contributed by atoms with Gasteiger partial charge in [-0.1, -0.05) is 0 Å². The molecule has 3 amide bonds. The van der Waals surface area contributed by atoms with E-state index in [9.17, 15) is 9.59 Å². The molecule has 6 heteroatoms. The van der Waals surface area contributed by atoms with Crippen molar-refractivity contribution >= 4 is 17.6 Å². The van der Waals surface area contributed by atoms with Crippen molar-refractivity contribution < 1.29 is 14.3 Å². The van der Waals surface area contributed by atoms with Crippen LogP contribution < -0.4 is 16.0 Å². The average molecular weight is 305 g/mol. The molecule has 1 aromatic rings. The van der Waals surface area contributed by atoms with Crippen LogP contribution in [0.5, 0.6) is 0 Å². The molecule has 1 aliphatic rings. The summed E-state index contributed by atoms with van der Waals surface area (Å²) in [6.07, 6.45) is 2.88. The maximum Gasteiger partial charge on any atom is 0.319 e. The SMILES string of the molecule is COCC[C@@H](C)NC(=O)Nc1ccc(C(=O)NC2CC2)cc1. The number of rotatable bonds is 7. The van der Waals surface area contributed by atoms with E-state index in [1.54, 1.807) is 31.4 Å². The van der Waals surface area contributed by atoms with Gasteiger partial charge in [-0.3, -0.25) is 4.79 Å². The molecule has 0 heterocycles. The maximum absolute atomic E-state index is 11.9. The molecule has 1 saturated carbocycles. The number of carbonyl (C=O) groups is 2. The van der Waals surface area contributed by atoms with Crippen molar-refractivity contribution in [3.63, 3.8) is 0 Å². The Hall–Kier alpha value is -2.08. The highest BCUT2D eigenvalue weighted by atomic mass is 16.5. The van der Waals surface area contributed by atoms with E-state index in [1.165, 1.54) is 0 Å². The molecule has 1 fully saturated rings. The fourth-order valence-electron chi connectivity index (χ4n) is 1.96. The van der Waals surface area contributed by atoms with E-state index in [1.807, 2.05) is 6.92 Å². The number of benzene rings is 1. The minimum Gasteiger partial charge on any atom is -0.385 e. The Bertz CT molecular complexity index is 512. The van der Waals surface area contributed by atoms with Crippen LogP contribution in [-0.4, -0.2) is 37.7 Å². The number of nitrogens with one attached hydrogen (secondary N) is 3. The highest BCUT2D eigenvalue weighted by Crippen LogP contribution is 2.19. The zero-order chi connectivity index (χ0) is 15.9. The van der Waals surface area contributed by atoms with Gasteiger partial charge in [-0.15, -0.1) is 0 Å². The molecule has 0 saturated heterocycles. The molecular formula is C16H23N3O3. The topological polar surface area (TPSA) is 79.5 Å². The van der Waals surface area contributed by atoms with Gasteiger partial charge in [-0.25, -0.2) is 4.79 Å². The summed E-state index contributed by atoms with van der Waals surface area (Å²) in [6, 6.07) is 6.97. The van der Waals surface area contributed by atoms with Gasteiger partial charge in [0, 0.05) is 37.1 Å². The molecule has 6 nitrogen and oxygen atoms in total. The van der Waals surface area contributed by atoms with Crippen LogP contribution in [0.15, 0.2) is 24.3 Å². The minimum absolute atomic E-state index is 0.0311. The standard InChI is InChI=1S/C16H23N3O3/c1-11(9-10-22-2)17-16(21)19-14-5-3-12(4-6-14)15(20)18-13-7-8-13/h3-6,11,13H,7-10H2,1-2H3,(H,18,20)(H2,17,19,21)/t11-/m1/s1. The maximum atomic E-state index is 11.9. The quantitative estimate of drug-likeness (QED) is 0.722. The highest BCUT2D eigenvalue weighted by molar-refractivity contribution is 5.95. The lowest BCUT2D eigenvalue weighted by Crippen LogP contribution is -2.36. The number of hydrogen-bond donors (Lipinski definition) is 3. The van der Waals surface area contributed by atoms with Crippen molar-refractivity contribution in [1.29, 1.82) is 0 Å². The molecule has 1 atom stereocenters. The van der Waals surface area contributed by atoms with Crippen molar-refractivity contribution in [3.05, 3.63) is 29.8 Å². The molecule has 0 aliphatic heterocycles. The lowest BCUT2D eigenvalue weighted by atomic mass is 10.2. The highest BCUT2D eigenvalue weighted by Gasteiger charge is 2.23. The first kappa shape index (κ1) is 16.3. The molecule has 0 aromatic heterocycles. The van der Waals surface area contributed by atoms with Gasteiger partial charge in [0.15, 0.2) is 0 Å². The first-order valence-corrected chi connectivity index (χ1v) is 7.56. The predicted molar refractivity (Wildman–Crippen MR) is 85.0 cm³/mol. The van der Waals surface area contributed by atoms with Crippen LogP contribution in [0.1, 0.15) is 36.5 Å². The summed E-state index contributed by atoms with van der Waals surface area (Å²) in [7, 11) is 1.63. The van der Waals surface area contributed by atoms with Crippen molar-refractivity contribution in [3.8, 4) is 0 Å². The number of amides is 3. The Morgan fingerprint density at radius 2 is 1.95 bits per heavy atom.